The summed E-state index contributed by atoms with van der Waals surface area (Å²) in [7, 11) is 0. The Morgan fingerprint density at radius 2 is 2.15 bits per heavy atom. The van der Waals surface area contributed by atoms with Gasteiger partial charge in [0.2, 0.25) is 0 Å². The van der Waals surface area contributed by atoms with Crippen LogP contribution in [0.3, 0.4) is 0 Å². The minimum atomic E-state index is 0.552. The van der Waals surface area contributed by atoms with Gasteiger partial charge in [0.15, 0.2) is 0 Å². The summed E-state index contributed by atoms with van der Waals surface area (Å²) in [6.45, 7) is 3.37. The first-order chi connectivity index (χ1) is 9.81. The van der Waals surface area contributed by atoms with E-state index >= 15 is 0 Å². The third-order valence-corrected chi connectivity index (χ3v) is 4.36. The normalized spacial score (nSPS) is 22.9. The highest BCUT2D eigenvalue weighted by molar-refractivity contribution is 5.50. The highest BCUT2D eigenvalue weighted by Crippen LogP contribution is 2.39. The number of aromatic nitrogens is 2. The summed E-state index contributed by atoms with van der Waals surface area (Å²) in [4.78, 5) is 11.8. The Balaban J connectivity index is 1.88. The summed E-state index contributed by atoms with van der Waals surface area (Å²) in [5, 5.41) is 0. The number of anilines is 2. The molecule has 0 aromatic carbocycles. The summed E-state index contributed by atoms with van der Waals surface area (Å²) >= 11 is 0. The maximum absolute atomic E-state index is 5.57. The van der Waals surface area contributed by atoms with Crippen LogP contribution in [-0.4, -0.2) is 22.6 Å². The molecule has 2 heterocycles. The second-order valence-electron chi connectivity index (χ2n) is 6.02. The average Bonchev–Trinajstić information content (AvgIpc) is 3.32. The fourth-order valence-electron chi connectivity index (χ4n) is 3.13. The highest BCUT2D eigenvalue weighted by atomic mass is 15.3. The monoisotopic (exact) mass is 275 g/mol. The zero-order chi connectivity index (χ0) is 13.9. The van der Waals surface area contributed by atoms with E-state index in [0.717, 1.165) is 24.0 Å². The van der Waals surface area contributed by atoms with Gasteiger partial charge in [-0.2, -0.15) is 0 Å². The minimum Gasteiger partial charge on any atom is -0.353 e. The van der Waals surface area contributed by atoms with E-state index in [1.54, 1.807) is 0 Å². The minimum absolute atomic E-state index is 0.552. The molecular weight excluding hydrogens is 250 g/mol. The Morgan fingerprint density at radius 3 is 2.85 bits per heavy atom. The van der Waals surface area contributed by atoms with Gasteiger partial charge < -0.3 is 10.3 Å². The molecule has 0 amide bonds. The smallest absolute Gasteiger partial charge is 0.145 e. The number of piperidine rings is 1. The van der Waals surface area contributed by atoms with E-state index in [4.69, 9.17) is 10.8 Å². The van der Waals surface area contributed by atoms with Crippen molar-refractivity contribution in [2.45, 2.75) is 63.8 Å². The third-order valence-electron chi connectivity index (χ3n) is 4.36. The second-order valence-corrected chi connectivity index (χ2v) is 6.02. The number of nitrogens with one attached hydrogen (secondary N) is 1. The number of rotatable bonds is 5. The molecule has 2 aliphatic rings. The first-order valence-electron chi connectivity index (χ1n) is 7.94. The van der Waals surface area contributed by atoms with Gasteiger partial charge >= 0.3 is 0 Å². The standard InChI is InChI=1S/C15H25N5/c1-2-5-12-6-3-4-9-20(12)14-10-13(19-16)17-15(18-14)11-7-8-11/h10-12H,2-9,16H2,1H3,(H,17,18,19). The van der Waals surface area contributed by atoms with Crippen LogP contribution in [0.5, 0.6) is 0 Å². The lowest BCUT2D eigenvalue weighted by atomic mass is 9.98. The van der Waals surface area contributed by atoms with Crippen molar-refractivity contribution < 1.29 is 0 Å². The fraction of sp³-hybridized carbons (Fsp3) is 0.733. The molecule has 110 valence electrons. The Kier molecular flexibility index (Phi) is 4.05. The quantitative estimate of drug-likeness (QED) is 0.639. The molecule has 1 unspecified atom stereocenters. The van der Waals surface area contributed by atoms with Crippen LogP contribution >= 0.6 is 0 Å². The van der Waals surface area contributed by atoms with Gasteiger partial charge in [-0.15, -0.1) is 0 Å². The molecule has 1 atom stereocenters. The molecule has 2 fully saturated rings. The number of nitrogens with zero attached hydrogens (tertiary/aromatic N) is 3. The van der Waals surface area contributed by atoms with Crippen LogP contribution in [0.2, 0.25) is 0 Å². The predicted octanol–water partition coefficient (Wildman–Crippen LogP) is 2.80. The van der Waals surface area contributed by atoms with Crippen LogP contribution in [0.25, 0.3) is 0 Å². The van der Waals surface area contributed by atoms with Crippen LogP contribution < -0.4 is 16.2 Å². The topological polar surface area (TPSA) is 67.1 Å². The van der Waals surface area contributed by atoms with Crippen LogP contribution in [0, 0.1) is 0 Å². The van der Waals surface area contributed by atoms with Crippen molar-refractivity contribution in [2.75, 3.05) is 16.9 Å². The molecule has 3 rings (SSSR count). The SMILES string of the molecule is CCCC1CCCCN1c1cc(NN)nc(C2CC2)n1. The van der Waals surface area contributed by atoms with Gasteiger partial charge in [0.1, 0.15) is 17.5 Å². The number of nitrogen functional groups attached to an aromatic ring is 1. The van der Waals surface area contributed by atoms with E-state index in [0.29, 0.717) is 12.0 Å². The second kappa shape index (κ2) is 5.95. The summed E-state index contributed by atoms with van der Waals surface area (Å²) < 4.78 is 0. The lowest BCUT2D eigenvalue weighted by Gasteiger charge is -2.37. The van der Waals surface area contributed by atoms with Gasteiger partial charge in [-0.3, -0.25) is 0 Å². The van der Waals surface area contributed by atoms with Crippen molar-refractivity contribution >= 4 is 11.6 Å². The van der Waals surface area contributed by atoms with Crippen molar-refractivity contribution in [1.29, 1.82) is 0 Å². The molecule has 20 heavy (non-hydrogen) atoms. The number of hydrogen-bond acceptors (Lipinski definition) is 5. The Labute approximate surface area is 120 Å². The fourth-order valence-corrected chi connectivity index (χ4v) is 3.13. The van der Waals surface area contributed by atoms with E-state index in [2.05, 4.69) is 22.2 Å². The molecule has 1 aromatic rings. The number of nitrogens with two attached hydrogens (primary N) is 1. The summed E-state index contributed by atoms with van der Waals surface area (Å²) in [6.07, 6.45) is 8.77. The molecule has 0 spiro atoms. The largest absolute Gasteiger partial charge is 0.353 e. The van der Waals surface area contributed by atoms with Gasteiger partial charge in [0, 0.05) is 24.6 Å². The number of hydrogen-bond donors (Lipinski definition) is 2. The van der Waals surface area contributed by atoms with Crippen molar-refractivity contribution in [3.63, 3.8) is 0 Å². The molecule has 5 nitrogen and oxygen atoms in total. The zero-order valence-corrected chi connectivity index (χ0v) is 12.3. The molecule has 1 aliphatic carbocycles. The Morgan fingerprint density at radius 1 is 1.30 bits per heavy atom. The molecule has 5 heteroatoms. The summed E-state index contributed by atoms with van der Waals surface area (Å²) in [5.41, 5.74) is 2.70. The first kappa shape index (κ1) is 13.6. The average molecular weight is 275 g/mol. The van der Waals surface area contributed by atoms with Gasteiger partial charge in [0.25, 0.3) is 0 Å². The van der Waals surface area contributed by atoms with Crippen LogP contribution in [0.1, 0.15) is 63.6 Å². The molecule has 1 aliphatic heterocycles. The molecule has 1 saturated heterocycles. The molecular formula is C15H25N5. The van der Waals surface area contributed by atoms with E-state index in [9.17, 15) is 0 Å². The number of hydrazine groups is 1. The van der Waals surface area contributed by atoms with Gasteiger partial charge in [-0.1, -0.05) is 13.3 Å². The summed E-state index contributed by atoms with van der Waals surface area (Å²) in [6, 6.07) is 2.63. The first-order valence-corrected chi connectivity index (χ1v) is 7.94. The van der Waals surface area contributed by atoms with E-state index in [1.807, 2.05) is 6.07 Å². The molecule has 0 bridgehead atoms. The van der Waals surface area contributed by atoms with Crippen LogP contribution in [0.4, 0.5) is 11.6 Å². The maximum atomic E-state index is 5.57. The zero-order valence-electron chi connectivity index (χ0n) is 12.3. The van der Waals surface area contributed by atoms with Crippen molar-refractivity contribution in [1.82, 2.24) is 9.97 Å². The molecule has 3 N–H and O–H groups in total. The van der Waals surface area contributed by atoms with Crippen LogP contribution in [-0.2, 0) is 0 Å². The molecule has 1 aromatic heterocycles. The Hall–Kier alpha value is -1.36. The van der Waals surface area contributed by atoms with E-state index in [-0.39, 0.29) is 0 Å². The van der Waals surface area contributed by atoms with Crippen molar-refractivity contribution in [2.24, 2.45) is 5.84 Å². The molecule has 0 radical (unpaired) electrons. The predicted molar refractivity (Wildman–Crippen MR) is 81.7 cm³/mol. The van der Waals surface area contributed by atoms with Crippen molar-refractivity contribution in [3.05, 3.63) is 11.9 Å². The van der Waals surface area contributed by atoms with E-state index < -0.39 is 0 Å². The lowest BCUT2D eigenvalue weighted by Crippen LogP contribution is -2.40. The Bertz CT molecular complexity index is 456. The molecule has 1 saturated carbocycles. The summed E-state index contributed by atoms with van der Waals surface area (Å²) in [5.74, 6) is 8.90. The van der Waals surface area contributed by atoms with Gasteiger partial charge in [-0.25, -0.2) is 15.8 Å². The lowest BCUT2D eigenvalue weighted by molar-refractivity contribution is 0.431. The van der Waals surface area contributed by atoms with Gasteiger partial charge in [-0.05, 0) is 38.5 Å². The van der Waals surface area contributed by atoms with E-state index in [1.165, 1.54) is 44.9 Å². The van der Waals surface area contributed by atoms with Crippen molar-refractivity contribution in [3.8, 4) is 0 Å². The van der Waals surface area contributed by atoms with Crippen LogP contribution in [0.15, 0.2) is 6.07 Å². The highest BCUT2D eigenvalue weighted by Gasteiger charge is 2.29. The maximum Gasteiger partial charge on any atom is 0.145 e. The van der Waals surface area contributed by atoms with Gasteiger partial charge in [0.05, 0.1) is 0 Å². The third kappa shape index (κ3) is 2.87.